The average molecular weight is 533 g/mol. The van der Waals surface area contributed by atoms with Gasteiger partial charge in [0.25, 0.3) is 5.91 Å². The Balaban J connectivity index is 1.88. The van der Waals surface area contributed by atoms with E-state index >= 15 is 0 Å². The third kappa shape index (κ3) is 6.05. The average Bonchev–Trinajstić information content (AvgIpc) is 2.81. The van der Waals surface area contributed by atoms with Crippen LogP contribution >= 0.6 is 11.6 Å². The Morgan fingerprint density at radius 2 is 1.77 bits per heavy atom. The molecule has 0 radical (unpaired) electrons. The number of benzene rings is 2. The number of amides is 2. The molecule has 0 aliphatic carbocycles. The molecular weight excluding hydrogens is 510 g/mol. The third-order valence-electron chi connectivity index (χ3n) is 5.30. The Morgan fingerprint density at radius 1 is 1.17 bits per heavy atom. The van der Waals surface area contributed by atoms with E-state index in [2.05, 4.69) is 0 Å². The maximum absolute atomic E-state index is 14.7. The molecule has 1 atom stereocenters. The predicted octanol–water partition coefficient (Wildman–Crippen LogP) is 1.68. The number of hydrogen-bond acceptors (Lipinski definition) is 7. The molecule has 1 fully saturated rings. The van der Waals surface area contributed by atoms with Crippen molar-refractivity contribution >= 4 is 33.4 Å². The number of hydroxylamine groups is 1. The van der Waals surface area contributed by atoms with Crippen molar-refractivity contribution in [3.63, 3.8) is 0 Å². The van der Waals surface area contributed by atoms with Gasteiger partial charge in [-0.05, 0) is 36.4 Å². The van der Waals surface area contributed by atoms with Gasteiger partial charge in [-0.15, -0.1) is 0 Å². The molecule has 190 valence electrons. The largest absolute Gasteiger partial charge is 0.451 e. The summed E-state index contributed by atoms with van der Waals surface area (Å²) in [6, 6.07) is 5.37. The van der Waals surface area contributed by atoms with E-state index in [9.17, 15) is 26.8 Å². The van der Waals surface area contributed by atoms with Gasteiger partial charge in [-0.1, -0.05) is 11.6 Å². The van der Waals surface area contributed by atoms with Crippen molar-refractivity contribution in [2.45, 2.75) is 10.9 Å². The fourth-order valence-corrected chi connectivity index (χ4v) is 5.13. The first-order chi connectivity index (χ1) is 16.4. The fourth-order valence-electron chi connectivity index (χ4n) is 3.41. The molecule has 35 heavy (non-hydrogen) atoms. The van der Waals surface area contributed by atoms with Crippen LogP contribution in [0.3, 0.4) is 0 Å². The molecule has 0 unspecified atom stereocenters. The van der Waals surface area contributed by atoms with E-state index < -0.39 is 44.3 Å². The summed E-state index contributed by atoms with van der Waals surface area (Å²) in [6.07, 6.45) is 0. The summed E-state index contributed by atoms with van der Waals surface area (Å²) in [6.45, 7) is -0.520. The second-order valence-electron chi connectivity index (χ2n) is 7.90. The van der Waals surface area contributed by atoms with Crippen molar-refractivity contribution < 1.29 is 36.7 Å². The molecule has 0 aromatic heterocycles. The SMILES string of the molecule is CN(C)C(=O)CN1CCN(S(=O)(=O)c2cc(F)c(Oc3ccc(Cl)cc3)c(F)c2)[C@H](C(=O)NO)C1. The minimum absolute atomic E-state index is 0.0662. The first-order valence-corrected chi connectivity index (χ1v) is 12.1. The topological polar surface area (TPSA) is 119 Å². The first kappa shape index (κ1) is 26.8. The van der Waals surface area contributed by atoms with Gasteiger partial charge < -0.3 is 9.64 Å². The molecule has 0 saturated carbocycles. The number of halogens is 3. The van der Waals surface area contributed by atoms with Crippen molar-refractivity contribution in [1.82, 2.24) is 19.6 Å². The summed E-state index contributed by atoms with van der Waals surface area (Å²) in [5.74, 6) is -4.63. The van der Waals surface area contributed by atoms with Crippen LogP contribution in [0.2, 0.25) is 5.02 Å². The number of nitrogens with one attached hydrogen (secondary N) is 1. The number of rotatable bonds is 7. The highest BCUT2D eigenvalue weighted by Gasteiger charge is 2.41. The molecular formula is C21H23ClF2N4O6S. The van der Waals surface area contributed by atoms with Crippen LogP contribution in [0.5, 0.6) is 11.5 Å². The highest BCUT2D eigenvalue weighted by atomic mass is 35.5. The minimum atomic E-state index is -4.59. The van der Waals surface area contributed by atoms with Crippen molar-refractivity contribution in [2.75, 3.05) is 40.3 Å². The highest BCUT2D eigenvalue weighted by Crippen LogP contribution is 2.32. The lowest BCUT2D eigenvalue weighted by Gasteiger charge is -2.39. The van der Waals surface area contributed by atoms with E-state index in [0.29, 0.717) is 17.2 Å². The van der Waals surface area contributed by atoms with Crippen molar-refractivity contribution in [2.24, 2.45) is 0 Å². The fraction of sp³-hybridized carbons (Fsp3) is 0.333. The molecule has 2 aromatic rings. The maximum atomic E-state index is 14.7. The van der Waals surface area contributed by atoms with Gasteiger partial charge >= 0.3 is 0 Å². The van der Waals surface area contributed by atoms with Crippen molar-refractivity contribution in [1.29, 1.82) is 0 Å². The van der Waals surface area contributed by atoms with Gasteiger partial charge in [-0.3, -0.25) is 19.7 Å². The second-order valence-corrected chi connectivity index (χ2v) is 10.2. The maximum Gasteiger partial charge on any atom is 0.263 e. The van der Waals surface area contributed by atoms with E-state index in [0.717, 1.165) is 4.31 Å². The number of piperazine rings is 1. The van der Waals surface area contributed by atoms with Crippen LogP contribution in [-0.2, 0) is 19.6 Å². The van der Waals surface area contributed by atoms with Crippen LogP contribution in [0.4, 0.5) is 8.78 Å². The second kappa shape index (κ2) is 10.8. The third-order valence-corrected chi connectivity index (χ3v) is 7.44. The molecule has 10 nitrogen and oxygen atoms in total. The number of carbonyl (C=O) groups excluding carboxylic acids is 2. The Morgan fingerprint density at radius 3 is 2.31 bits per heavy atom. The van der Waals surface area contributed by atoms with Crippen LogP contribution in [0.25, 0.3) is 0 Å². The van der Waals surface area contributed by atoms with Gasteiger partial charge in [0.2, 0.25) is 15.9 Å². The van der Waals surface area contributed by atoms with Gasteiger partial charge in [-0.2, -0.15) is 4.31 Å². The molecule has 0 bridgehead atoms. The summed E-state index contributed by atoms with van der Waals surface area (Å²) < 4.78 is 61.9. The number of ether oxygens (including phenoxy) is 1. The van der Waals surface area contributed by atoms with E-state index in [4.69, 9.17) is 21.5 Å². The Kier molecular flexibility index (Phi) is 8.28. The standard InChI is InChI=1S/C21H23ClF2N4O6S/c1-26(2)19(29)12-27-7-8-28(18(11-27)21(30)25-31)35(32,33)15-9-16(23)20(17(24)10-15)34-14-5-3-13(22)4-6-14/h3-6,9-10,18,31H,7-8,11-12H2,1-2H3,(H,25,30)/t18-/m0/s1. The number of hydrogen-bond donors (Lipinski definition) is 2. The van der Waals surface area contributed by atoms with Crippen LogP contribution in [0.1, 0.15) is 0 Å². The smallest absolute Gasteiger partial charge is 0.263 e. The molecule has 1 aliphatic heterocycles. The van der Waals surface area contributed by atoms with E-state index in [-0.39, 0.29) is 37.8 Å². The van der Waals surface area contributed by atoms with Gasteiger partial charge in [0.1, 0.15) is 11.8 Å². The molecule has 1 saturated heterocycles. The number of nitrogens with zero attached hydrogens (tertiary/aromatic N) is 3. The zero-order chi connectivity index (χ0) is 25.9. The van der Waals surface area contributed by atoms with Crippen molar-refractivity contribution in [3.8, 4) is 11.5 Å². The molecule has 1 heterocycles. The highest BCUT2D eigenvalue weighted by molar-refractivity contribution is 7.89. The lowest BCUT2D eigenvalue weighted by molar-refractivity contribution is -0.137. The predicted molar refractivity (Wildman–Crippen MR) is 121 cm³/mol. The van der Waals surface area contributed by atoms with Crippen molar-refractivity contribution in [3.05, 3.63) is 53.1 Å². The van der Waals surface area contributed by atoms with Gasteiger partial charge in [0, 0.05) is 38.8 Å². The summed E-state index contributed by atoms with van der Waals surface area (Å²) in [7, 11) is -1.50. The van der Waals surface area contributed by atoms with Crippen LogP contribution in [-0.4, -0.2) is 85.9 Å². The van der Waals surface area contributed by atoms with Gasteiger partial charge in [0.15, 0.2) is 17.4 Å². The number of likely N-dealkylation sites (N-methyl/N-ethyl adjacent to an activating group) is 1. The lowest BCUT2D eigenvalue weighted by Crippen LogP contribution is -2.61. The van der Waals surface area contributed by atoms with Gasteiger partial charge in [-0.25, -0.2) is 22.7 Å². The van der Waals surface area contributed by atoms with Crippen LogP contribution in [0.15, 0.2) is 41.3 Å². The zero-order valence-electron chi connectivity index (χ0n) is 18.7. The van der Waals surface area contributed by atoms with E-state index in [1.165, 1.54) is 34.6 Å². The summed E-state index contributed by atoms with van der Waals surface area (Å²) >= 11 is 5.77. The van der Waals surface area contributed by atoms with E-state index in [1.54, 1.807) is 19.0 Å². The van der Waals surface area contributed by atoms with E-state index in [1.807, 2.05) is 0 Å². The quantitative estimate of drug-likeness (QED) is 0.411. The Hall–Kier alpha value is -2.84. The monoisotopic (exact) mass is 532 g/mol. The minimum Gasteiger partial charge on any atom is -0.451 e. The van der Waals surface area contributed by atoms with Gasteiger partial charge in [0.05, 0.1) is 11.4 Å². The molecule has 14 heteroatoms. The Bertz CT molecular complexity index is 1190. The summed E-state index contributed by atoms with van der Waals surface area (Å²) in [4.78, 5) is 26.4. The molecule has 2 aromatic carbocycles. The molecule has 0 spiro atoms. The van der Waals surface area contributed by atoms with Crippen LogP contribution in [0, 0.1) is 11.6 Å². The molecule has 2 N–H and O–H groups in total. The molecule has 3 rings (SSSR count). The number of carbonyl (C=O) groups is 2. The Labute approximate surface area is 205 Å². The first-order valence-electron chi connectivity index (χ1n) is 10.2. The molecule has 2 amide bonds. The van der Waals surface area contributed by atoms with Crippen LogP contribution < -0.4 is 10.2 Å². The zero-order valence-corrected chi connectivity index (χ0v) is 20.3. The lowest BCUT2D eigenvalue weighted by atomic mass is 10.2. The normalized spacial score (nSPS) is 17.1. The molecule has 1 aliphatic rings. The number of sulfonamides is 1. The summed E-state index contributed by atoms with van der Waals surface area (Å²) in [5, 5.41) is 9.50. The summed E-state index contributed by atoms with van der Waals surface area (Å²) in [5.41, 5.74) is 1.40.